The molecule has 21 heavy (non-hydrogen) atoms. The summed E-state index contributed by atoms with van der Waals surface area (Å²) in [4.78, 5) is 15.4. The van der Waals surface area contributed by atoms with Gasteiger partial charge in [-0.05, 0) is 24.6 Å². The number of rotatable bonds is 3. The Balaban J connectivity index is 2.01. The van der Waals surface area contributed by atoms with Crippen LogP contribution in [0, 0.1) is 15.5 Å². The fourth-order valence-electron chi connectivity index (χ4n) is 2.58. The molecule has 110 valence electrons. The first-order valence-corrected chi connectivity index (χ1v) is 7.65. The molecule has 0 spiro atoms. The lowest BCUT2D eigenvalue weighted by atomic mass is 9.69. The molecular formula is C15H15BrN2O3. The van der Waals surface area contributed by atoms with Crippen LogP contribution in [0.25, 0.3) is 10.9 Å². The lowest BCUT2D eigenvalue weighted by molar-refractivity contribution is -0.383. The highest BCUT2D eigenvalue weighted by Crippen LogP contribution is 2.48. The first kappa shape index (κ1) is 14.3. The summed E-state index contributed by atoms with van der Waals surface area (Å²) < 4.78 is 6.07. The third kappa shape index (κ3) is 2.27. The molecule has 6 heteroatoms. The molecule has 0 aliphatic heterocycles. The van der Waals surface area contributed by atoms with Gasteiger partial charge in [0, 0.05) is 22.5 Å². The molecule has 1 fully saturated rings. The predicted molar refractivity (Wildman–Crippen MR) is 83.9 cm³/mol. The van der Waals surface area contributed by atoms with Crippen molar-refractivity contribution in [2.24, 2.45) is 5.41 Å². The summed E-state index contributed by atoms with van der Waals surface area (Å²) in [6, 6.07) is 6.52. The number of alkyl halides is 1. The Morgan fingerprint density at radius 3 is 2.81 bits per heavy atom. The van der Waals surface area contributed by atoms with Crippen LogP contribution < -0.4 is 4.74 Å². The normalized spacial score (nSPS) is 23.6. The summed E-state index contributed by atoms with van der Waals surface area (Å²) in [6.07, 6.45) is 2.62. The van der Waals surface area contributed by atoms with Gasteiger partial charge in [0.25, 0.3) is 5.69 Å². The molecule has 1 aliphatic rings. The summed E-state index contributed by atoms with van der Waals surface area (Å²) in [5.41, 5.74) is 0.625. The second-order valence-corrected chi connectivity index (χ2v) is 6.98. The van der Waals surface area contributed by atoms with Gasteiger partial charge in [-0.15, -0.1) is 0 Å². The topological polar surface area (TPSA) is 65.3 Å². The van der Waals surface area contributed by atoms with Crippen LogP contribution >= 0.6 is 15.9 Å². The summed E-state index contributed by atoms with van der Waals surface area (Å²) in [6.45, 7) is 4.28. The van der Waals surface area contributed by atoms with E-state index >= 15 is 0 Å². The van der Waals surface area contributed by atoms with Crippen molar-refractivity contribution in [3.05, 3.63) is 40.6 Å². The second-order valence-electron chi connectivity index (χ2n) is 5.87. The average molecular weight is 351 g/mol. The molecule has 0 amide bonds. The van der Waals surface area contributed by atoms with Crippen LogP contribution in [0.3, 0.4) is 0 Å². The highest BCUT2D eigenvalue weighted by molar-refractivity contribution is 9.09. The maximum absolute atomic E-state index is 11.1. The number of nitrogens with zero attached hydrogens (tertiary/aromatic N) is 2. The van der Waals surface area contributed by atoms with Gasteiger partial charge in [-0.2, -0.15) is 0 Å². The van der Waals surface area contributed by atoms with Gasteiger partial charge in [0.15, 0.2) is 0 Å². The predicted octanol–water partition coefficient (Wildman–Crippen LogP) is 4.08. The molecule has 1 aliphatic carbocycles. The lowest BCUT2D eigenvalue weighted by Gasteiger charge is -2.48. The van der Waals surface area contributed by atoms with E-state index in [0.29, 0.717) is 21.5 Å². The quantitative estimate of drug-likeness (QED) is 0.475. The van der Waals surface area contributed by atoms with E-state index < -0.39 is 4.92 Å². The number of pyridine rings is 1. The van der Waals surface area contributed by atoms with E-state index in [0.717, 1.165) is 6.42 Å². The van der Waals surface area contributed by atoms with Gasteiger partial charge in [0.1, 0.15) is 17.4 Å². The van der Waals surface area contributed by atoms with Crippen LogP contribution in [0.1, 0.15) is 20.3 Å². The Morgan fingerprint density at radius 2 is 2.19 bits per heavy atom. The summed E-state index contributed by atoms with van der Waals surface area (Å²) in [5.74, 6) is 0.605. The molecule has 2 unspecified atom stereocenters. The first-order valence-electron chi connectivity index (χ1n) is 6.74. The van der Waals surface area contributed by atoms with Crippen molar-refractivity contribution in [1.82, 2.24) is 4.98 Å². The van der Waals surface area contributed by atoms with Crippen LogP contribution in [0.5, 0.6) is 5.75 Å². The molecule has 0 radical (unpaired) electrons. The van der Waals surface area contributed by atoms with Crippen molar-refractivity contribution in [3.8, 4) is 5.75 Å². The fourth-order valence-corrected chi connectivity index (χ4v) is 3.21. The maximum atomic E-state index is 11.1. The van der Waals surface area contributed by atoms with E-state index in [1.54, 1.807) is 24.4 Å². The van der Waals surface area contributed by atoms with E-state index in [2.05, 4.69) is 34.8 Å². The minimum absolute atomic E-state index is 0.0306. The largest absolute Gasteiger partial charge is 0.487 e. The number of nitro benzene ring substituents is 1. The molecule has 5 nitrogen and oxygen atoms in total. The Kier molecular flexibility index (Phi) is 3.36. The fraction of sp³-hybridized carbons (Fsp3) is 0.400. The molecule has 3 rings (SSSR count). The second kappa shape index (κ2) is 4.94. The van der Waals surface area contributed by atoms with E-state index in [1.165, 1.54) is 6.07 Å². The van der Waals surface area contributed by atoms with Gasteiger partial charge in [-0.25, -0.2) is 0 Å². The van der Waals surface area contributed by atoms with E-state index in [4.69, 9.17) is 4.74 Å². The number of aromatic nitrogens is 1. The van der Waals surface area contributed by atoms with Crippen molar-refractivity contribution in [1.29, 1.82) is 0 Å². The zero-order valence-corrected chi connectivity index (χ0v) is 13.3. The van der Waals surface area contributed by atoms with Gasteiger partial charge in [-0.3, -0.25) is 15.1 Å². The SMILES string of the molecule is CC1(C)C(Br)CC1Oc1ccc([N+](=O)[O-])c2cccnc12. The lowest BCUT2D eigenvalue weighted by Crippen LogP contribution is -2.53. The van der Waals surface area contributed by atoms with E-state index in [-0.39, 0.29) is 17.2 Å². The summed E-state index contributed by atoms with van der Waals surface area (Å²) >= 11 is 3.63. The minimum Gasteiger partial charge on any atom is -0.487 e. The van der Waals surface area contributed by atoms with Crippen molar-refractivity contribution < 1.29 is 9.66 Å². The summed E-state index contributed by atoms with van der Waals surface area (Å²) in [7, 11) is 0. The molecular weight excluding hydrogens is 336 g/mol. The smallest absolute Gasteiger partial charge is 0.279 e. The number of hydrogen-bond donors (Lipinski definition) is 0. The number of hydrogen-bond acceptors (Lipinski definition) is 4. The monoisotopic (exact) mass is 350 g/mol. The van der Waals surface area contributed by atoms with Crippen molar-refractivity contribution in [2.45, 2.75) is 31.2 Å². The molecule has 0 N–H and O–H groups in total. The van der Waals surface area contributed by atoms with Crippen molar-refractivity contribution in [3.63, 3.8) is 0 Å². The van der Waals surface area contributed by atoms with Gasteiger partial charge in [0.05, 0.1) is 10.3 Å². The van der Waals surface area contributed by atoms with E-state index in [1.807, 2.05) is 0 Å². The number of halogens is 1. The van der Waals surface area contributed by atoms with E-state index in [9.17, 15) is 10.1 Å². The molecule has 1 heterocycles. The molecule has 0 bridgehead atoms. The standard InChI is InChI=1S/C15H15BrN2O3/c1-15(2)12(16)8-13(15)21-11-6-5-10(18(19)20)9-4-3-7-17-14(9)11/h3-7,12-13H,8H2,1-2H3. The number of nitro groups is 1. The molecule has 2 aromatic rings. The zero-order valence-electron chi connectivity index (χ0n) is 11.7. The number of non-ortho nitro benzene ring substituents is 1. The number of fused-ring (bicyclic) bond motifs is 1. The van der Waals surface area contributed by atoms with Crippen molar-refractivity contribution in [2.75, 3.05) is 0 Å². The molecule has 1 saturated carbocycles. The van der Waals surface area contributed by atoms with Crippen LogP contribution in [0.4, 0.5) is 5.69 Å². The first-order chi connectivity index (χ1) is 9.91. The van der Waals surface area contributed by atoms with Crippen LogP contribution in [0.15, 0.2) is 30.5 Å². The van der Waals surface area contributed by atoms with Crippen molar-refractivity contribution >= 4 is 32.5 Å². The zero-order chi connectivity index (χ0) is 15.2. The minimum atomic E-state index is -0.393. The van der Waals surface area contributed by atoms with Gasteiger partial charge in [0.2, 0.25) is 0 Å². The van der Waals surface area contributed by atoms with Gasteiger partial charge < -0.3 is 4.74 Å². The molecule has 0 saturated heterocycles. The Morgan fingerprint density at radius 1 is 1.43 bits per heavy atom. The highest BCUT2D eigenvalue weighted by atomic mass is 79.9. The summed E-state index contributed by atoms with van der Waals surface area (Å²) in [5, 5.41) is 11.6. The highest BCUT2D eigenvalue weighted by Gasteiger charge is 2.48. The Labute approximate surface area is 130 Å². The molecule has 1 aromatic heterocycles. The van der Waals surface area contributed by atoms with Gasteiger partial charge >= 0.3 is 0 Å². The van der Waals surface area contributed by atoms with Crippen LogP contribution in [-0.2, 0) is 0 Å². The van der Waals surface area contributed by atoms with Crippen LogP contribution in [-0.4, -0.2) is 20.8 Å². The number of ether oxygens (including phenoxy) is 1. The Hall–Kier alpha value is -1.69. The third-order valence-corrected chi connectivity index (χ3v) is 5.79. The number of benzene rings is 1. The average Bonchev–Trinajstić information content (AvgIpc) is 2.46. The molecule has 1 aromatic carbocycles. The third-order valence-electron chi connectivity index (χ3n) is 4.23. The molecule has 2 atom stereocenters. The van der Waals surface area contributed by atoms with Gasteiger partial charge in [-0.1, -0.05) is 29.8 Å². The van der Waals surface area contributed by atoms with Crippen LogP contribution in [0.2, 0.25) is 0 Å². The maximum Gasteiger partial charge on any atom is 0.279 e. The Bertz CT molecular complexity index is 717.